The summed E-state index contributed by atoms with van der Waals surface area (Å²) in [5, 5.41) is 10.8. The molecule has 3 rings (SSSR count). The van der Waals surface area contributed by atoms with E-state index in [4.69, 9.17) is 0 Å². The molecule has 124 valence electrons. The molecule has 2 aliphatic rings. The Balaban J connectivity index is 1.75. The van der Waals surface area contributed by atoms with Gasteiger partial charge in [-0.3, -0.25) is 4.79 Å². The van der Waals surface area contributed by atoms with E-state index in [9.17, 15) is 19.1 Å². The van der Waals surface area contributed by atoms with Crippen LogP contribution in [0.25, 0.3) is 0 Å². The Morgan fingerprint density at radius 2 is 1.96 bits per heavy atom. The number of aryl methyl sites for hydroxylation is 1. The molecule has 0 aromatic heterocycles. The van der Waals surface area contributed by atoms with Gasteiger partial charge in [0.15, 0.2) is 0 Å². The fourth-order valence-electron chi connectivity index (χ4n) is 3.49. The number of fused-ring (bicyclic) bond motifs is 1. The van der Waals surface area contributed by atoms with Gasteiger partial charge < -0.3 is 14.7 Å². The Morgan fingerprint density at radius 1 is 1.26 bits per heavy atom. The molecule has 6 heteroatoms. The topological polar surface area (TPSA) is 66.8 Å². The second-order valence-corrected chi connectivity index (χ2v) is 6.41. The van der Waals surface area contributed by atoms with E-state index < -0.39 is 23.1 Å². The van der Waals surface area contributed by atoms with Crippen LogP contribution in [0.5, 0.6) is 0 Å². The maximum atomic E-state index is 14.5. The van der Waals surface area contributed by atoms with E-state index in [-0.39, 0.29) is 25.9 Å². The molecule has 1 aromatic carbocycles. The van der Waals surface area contributed by atoms with Gasteiger partial charge in [0.1, 0.15) is 5.60 Å². The van der Waals surface area contributed by atoms with Crippen LogP contribution in [0.2, 0.25) is 0 Å². The molecule has 2 atom stereocenters. The average Bonchev–Trinajstić information content (AvgIpc) is 2.96. The lowest BCUT2D eigenvalue weighted by molar-refractivity contribution is -0.156. The maximum absolute atomic E-state index is 14.5. The van der Waals surface area contributed by atoms with Crippen LogP contribution in [0, 0.1) is 0 Å². The van der Waals surface area contributed by atoms with Crippen molar-refractivity contribution >= 4 is 11.9 Å². The van der Waals surface area contributed by atoms with Crippen LogP contribution in [0.1, 0.15) is 24.0 Å². The predicted molar refractivity (Wildman–Crippen MR) is 80.5 cm³/mol. The summed E-state index contributed by atoms with van der Waals surface area (Å²) in [6, 6.07) is 7.68. The number of benzene rings is 1. The van der Waals surface area contributed by atoms with Crippen molar-refractivity contribution in [1.29, 1.82) is 0 Å². The SMILES string of the molecule is COC(=O)C1(F)CCN(C(=O)C2(O)CCc3ccccc3C2)C1. The van der Waals surface area contributed by atoms with Crippen molar-refractivity contribution in [2.45, 2.75) is 37.0 Å². The van der Waals surface area contributed by atoms with E-state index in [0.717, 1.165) is 18.2 Å². The molecule has 0 saturated carbocycles. The maximum Gasteiger partial charge on any atom is 0.345 e. The summed E-state index contributed by atoms with van der Waals surface area (Å²) in [5.74, 6) is -1.47. The van der Waals surface area contributed by atoms with Gasteiger partial charge in [0.25, 0.3) is 5.91 Å². The van der Waals surface area contributed by atoms with Crippen molar-refractivity contribution in [3.8, 4) is 0 Å². The lowest BCUT2D eigenvalue weighted by atomic mass is 9.79. The first-order valence-corrected chi connectivity index (χ1v) is 7.74. The summed E-state index contributed by atoms with van der Waals surface area (Å²) in [7, 11) is 1.12. The van der Waals surface area contributed by atoms with E-state index in [2.05, 4.69) is 4.74 Å². The van der Waals surface area contributed by atoms with Gasteiger partial charge >= 0.3 is 5.97 Å². The molecule has 1 aromatic rings. The zero-order chi connectivity index (χ0) is 16.7. The highest BCUT2D eigenvalue weighted by atomic mass is 19.1. The minimum absolute atomic E-state index is 0.0991. The van der Waals surface area contributed by atoms with Gasteiger partial charge in [0.05, 0.1) is 13.7 Å². The van der Waals surface area contributed by atoms with Gasteiger partial charge in [-0.1, -0.05) is 24.3 Å². The van der Waals surface area contributed by atoms with Crippen LogP contribution in [0.4, 0.5) is 4.39 Å². The highest BCUT2D eigenvalue weighted by Crippen LogP contribution is 2.34. The molecule has 0 bridgehead atoms. The molecule has 1 saturated heterocycles. The second kappa shape index (κ2) is 5.60. The Labute approximate surface area is 134 Å². The average molecular weight is 321 g/mol. The van der Waals surface area contributed by atoms with Gasteiger partial charge in [0, 0.05) is 19.4 Å². The molecular formula is C17H20FNO4. The number of nitrogens with zero attached hydrogens (tertiary/aromatic N) is 1. The Bertz CT molecular complexity index is 649. The number of carbonyl (C=O) groups is 2. The predicted octanol–water partition coefficient (Wildman–Crippen LogP) is 1.02. The van der Waals surface area contributed by atoms with Gasteiger partial charge in [-0.2, -0.15) is 0 Å². The highest BCUT2D eigenvalue weighted by molar-refractivity contribution is 5.88. The monoisotopic (exact) mass is 321 g/mol. The normalized spacial score (nSPS) is 30.0. The minimum atomic E-state index is -2.17. The third-order valence-electron chi connectivity index (χ3n) is 4.87. The Hall–Kier alpha value is -1.95. The van der Waals surface area contributed by atoms with Crippen LogP contribution >= 0.6 is 0 Å². The summed E-state index contributed by atoms with van der Waals surface area (Å²) in [5.41, 5.74) is -1.64. The molecule has 1 aliphatic carbocycles. The number of carbonyl (C=O) groups excluding carboxylic acids is 2. The number of likely N-dealkylation sites (tertiary alicyclic amines) is 1. The summed E-state index contributed by atoms with van der Waals surface area (Å²) in [6.07, 6.45) is 1.02. The summed E-state index contributed by atoms with van der Waals surface area (Å²) >= 11 is 0. The van der Waals surface area contributed by atoms with Crippen molar-refractivity contribution in [3.63, 3.8) is 0 Å². The van der Waals surface area contributed by atoms with Crippen LogP contribution in [0.3, 0.4) is 0 Å². The first-order valence-electron chi connectivity index (χ1n) is 7.74. The number of hydrogen-bond acceptors (Lipinski definition) is 4. The van der Waals surface area contributed by atoms with Gasteiger partial charge in [0.2, 0.25) is 5.67 Å². The number of halogens is 1. The molecule has 1 aliphatic heterocycles. The van der Waals surface area contributed by atoms with Crippen LogP contribution in [0.15, 0.2) is 24.3 Å². The molecule has 0 radical (unpaired) electrons. The lowest BCUT2D eigenvalue weighted by Gasteiger charge is -2.35. The first-order chi connectivity index (χ1) is 10.9. The molecule has 1 fully saturated rings. The summed E-state index contributed by atoms with van der Waals surface area (Å²) in [6.45, 7) is -0.253. The van der Waals surface area contributed by atoms with Crippen LogP contribution < -0.4 is 0 Å². The van der Waals surface area contributed by atoms with E-state index in [1.807, 2.05) is 24.3 Å². The number of aliphatic hydroxyl groups is 1. The molecule has 2 unspecified atom stereocenters. The number of methoxy groups -OCH3 is 1. The van der Waals surface area contributed by atoms with Crippen molar-refractivity contribution in [2.75, 3.05) is 20.2 Å². The second-order valence-electron chi connectivity index (χ2n) is 6.41. The molecule has 5 nitrogen and oxygen atoms in total. The molecule has 1 N–H and O–H groups in total. The van der Waals surface area contributed by atoms with E-state index in [1.54, 1.807) is 0 Å². The number of hydrogen-bond donors (Lipinski definition) is 1. The molecule has 23 heavy (non-hydrogen) atoms. The standard InChI is InChI=1S/C17H20FNO4/c1-23-15(21)16(18)8-9-19(11-16)14(20)17(22)7-6-12-4-2-3-5-13(12)10-17/h2-5,22H,6-11H2,1H3. The number of ether oxygens (including phenoxy) is 1. The quantitative estimate of drug-likeness (QED) is 0.826. The lowest BCUT2D eigenvalue weighted by Crippen LogP contribution is -2.52. The van der Waals surface area contributed by atoms with Gasteiger partial charge in [-0.05, 0) is 24.0 Å². The van der Waals surface area contributed by atoms with Gasteiger partial charge in [-0.15, -0.1) is 0 Å². The third-order valence-corrected chi connectivity index (χ3v) is 4.87. The largest absolute Gasteiger partial charge is 0.467 e. The Kier molecular flexibility index (Phi) is 3.88. The number of esters is 1. The fraction of sp³-hybridized carbons (Fsp3) is 0.529. The molecule has 1 amide bonds. The van der Waals surface area contributed by atoms with E-state index in [0.29, 0.717) is 12.8 Å². The zero-order valence-corrected chi connectivity index (χ0v) is 13.0. The Morgan fingerprint density at radius 3 is 2.65 bits per heavy atom. The smallest absolute Gasteiger partial charge is 0.345 e. The van der Waals surface area contributed by atoms with Crippen molar-refractivity contribution < 1.29 is 23.8 Å². The van der Waals surface area contributed by atoms with Crippen LogP contribution in [-0.4, -0.2) is 53.4 Å². The van der Waals surface area contributed by atoms with Crippen molar-refractivity contribution in [3.05, 3.63) is 35.4 Å². The van der Waals surface area contributed by atoms with Crippen molar-refractivity contribution in [2.24, 2.45) is 0 Å². The van der Waals surface area contributed by atoms with Crippen molar-refractivity contribution in [1.82, 2.24) is 4.90 Å². The zero-order valence-electron chi connectivity index (χ0n) is 13.0. The first kappa shape index (κ1) is 15.9. The molecule has 1 heterocycles. The minimum Gasteiger partial charge on any atom is -0.467 e. The molecule has 0 spiro atoms. The van der Waals surface area contributed by atoms with E-state index in [1.165, 1.54) is 4.90 Å². The van der Waals surface area contributed by atoms with Crippen LogP contribution in [-0.2, 0) is 27.2 Å². The highest BCUT2D eigenvalue weighted by Gasteiger charge is 2.51. The molecular weight excluding hydrogens is 301 g/mol. The summed E-state index contributed by atoms with van der Waals surface area (Å²) < 4.78 is 19.0. The van der Waals surface area contributed by atoms with Gasteiger partial charge in [-0.25, -0.2) is 9.18 Å². The van der Waals surface area contributed by atoms with E-state index >= 15 is 0 Å². The third kappa shape index (κ3) is 2.72. The fourth-order valence-corrected chi connectivity index (χ4v) is 3.49. The number of rotatable bonds is 2. The summed E-state index contributed by atoms with van der Waals surface area (Å²) in [4.78, 5) is 25.5. The number of alkyl halides is 1. The number of amides is 1.